The Morgan fingerprint density at radius 1 is 1.40 bits per heavy atom. The molecule has 1 aromatic heterocycles. The Balaban J connectivity index is 2.33. The zero-order valence-corrected chi connectivity index (χ0v) is 12.4. The van der Waals surface area contributed by atoms with Gasteiger partial charge in [0.1, 0.15) is 11.3 Å². The molecule has 2 rings (SSSR count). The molecule has 1 heterocycles. The second-order valence-corrected chi connectivity index (χ2v) is 5.56. The zero-order valence-electron chi connectivity index (χ0n) is 12.4. The average Bonchev–Trinajstić information content (AvgIpc) is 2.71. The Morgan fingerprint density at radius 3 is 2.60 bits per heavy atom. The summed E-state index contributed by atoms with van der Waals surface area (Å²) in [6, 6.07) is 0. The summed E-state index contributed by atoms with van der Waals surface area (Å²) in [6.45, 7) is 2.68. The van der Waals surface area contributed by atoms with Crippen molar-refractivity contribution in [1.29, 1.82) is 0 Å². The zero-order chi connectivity index (χ0) is 14.6. The van der Waals surface area contributed by atoms with Crippen LogP contribution in [0.25, 0.3) is 0 Å². The molecule has 1 fully saturated rings. The second-order valence-electron chi connectivity index (χ2n) is 5.56. The predicted molar refractivity (Wildman–Crippen MR) is 76.1 cm³/mol. The molecule has 0 aromatic carbocycles. The molecule has 1 aliphatic rings. The lowest BCUT2D eigenvalue weighted by Gasteiger charge is -2.25. The lowest BCUT2D eigenvalue weighted by atomic mass is 9.88. The molecular formula is C15H24N2O3. The van der Waals surface area contributed by atoms with E-state index in [0.717, 1.165) is 32.1 Å². The molecule has 112 valence electrons. The molecule has 0 unspecified atom stereocenters. The molecule has 0 radical (unpaired) electrons. The van der Waals surface area contributed by atoms with E-state index in [4.69, 9.17) is 4.74 Å². The number of Topliss-reactive ketones (excluding diaryl/α,β-unsaturated/α-hetero) is 1. The van der Waals surface area contributed by atoms with Gasteiger partial charge in [0.2, 0.25) is 5.78 Å². The Morgan fingerprint density at radius 2 is 2.05 bits per heavy atom. The van der Waals surface area contributed by atoms with E-state index >= 15 is 0 Å². The highest BCUT2D eigenvalue weighted by Gasteiger charge is 2.39. The molecule has 5 heteroatoms. The van der Waals surface area contributed by atoms with E-state index in [9.17, 15) is 9.90 Å². The van der Waals surface area contributed by atoms with Crippen molar-refractivity contribution in [3.05, 3.63) is 11.9 Å². The van der Waals surface area contributed by atoms with E-state index in [1.807, 2.05) is 6.92 Å². The number of ketones is 1. The van der Waals surface area contributed by atoms with Gasteiger partial charge in [0.25, 0.3) is 0 Å². The van der Waals surface area contributed by atoms with Gasteiger partial charge < -0.3 is 9.84 Å². The second kappa shape index (κ2) is 6.39. The number of ether oxygens (including phenoxy) is 1. The fourth-order valence-electron chi connectivity index (χ4n) is 2.89. The maximum absolute atomic E-state index is 12.8. The number of aromatic nitrogens is 2. The largest absolute Gasteiger partial charge is 0.493 e. The third kappa shape index (κ3) is 2.87. The number of nitrogens with zero attached hydrogens (tertiary/aromatic N) is 2. The summed E-state index contributed by atoms with van der Waals surface area (Å²) in [5.74, 6) is 0.225. The quantitative estimate of drug-likeness (QED) is 0.665. The molecule has 1 aromatic rings. The van der Waals surface area contributed by atoms with Crippen LogP contribution in [0.2, 0.25) is 0 Å². The Bertz CT molecular complexity index is 460. The Hall–Kier alpha value is -1.36. The Labute approximate surface area is 119 Å². The maximum atomic E-state index is 12.8. The molecule has 1 saturated carbocycles. The van der Waals surface area contributed by atoms with Crippen LogP contribution in [0.5, 0.6) is 5.75 Å². The molecule has 0 bridgehead atoms. The van der Waals surface area contributed by atoms with Crippen LogP contribution < -0.4 is 4.74 Å². The van der Waals surface area contributed by atoms with Crippen molar-refractivity contribution >= 4 is 5.78 Å². The summed E-state index contributed by atoms with van der Waals surface area (Å²) in [4.78, 5) is 12.8. The predicted octanol–water partition coefficient (Wildman–Crippen LogP) is 2.57. The van der Waals surface area contributed by atoms with Gasteiger partial charge in [-0.3, -0.25) is 9.48 Å². The topological polar surface area (TPSA) is 64.4 Å². The molecule has 1 N–H and O–H groups in total. The molecular weight excluding hydrogens is 256 g/mol. The number of hydrogen-bond acceptors (Lipinski definition) is 4. The smallest absolute Gasteiger partial charge is 0.216 e. The number of carbonyl (C=O) groups is 1. The third-order valence-electron chi connectivity index (χ3n) is 4.03. The van der Waals surface area contributed by atoms with Crippen LogP contribution >= 0.6 is 0 Å². The Kier molecular flexibility index (Phi) is 4.81. The van der Waals surface area contributed by atoms with Crippen molar-refractivity contribution in [2.75, 3.05) is 7.11 Å². The lowest BCUT2D eigenvalue weighted by Crippen LogP contribution is -2.39. The molecule has 1 aliphatic carbocycles. The number of hydrogen-bond donors (Lipinski definition) is 1. The number of rotatable bonds is 5. The first kappa shape index (κ1) is 15.0. The van der Waals surface area contributed by atoms with E-state index in [2.05, 4.69) is 5.10 Å². The van der Waals surface area contributed by atoms with E-state index in [-0.39, 0.29) is 5.78 Å². The minimum Gasteiger partial charge on any atom is -0.493 e. The van der Waals surface area contributed by atoms with Gasteiger partial charge in [0, 0.05) is 6.54 Å². The number of methoxy groups -OCH3 is 1. The van der Waals surface area contributed by atoms with Crippen molar-refractivity contribution in [2.24, 2.45) is 0 Å². The van der Waals surface area contributed by atoms with Crippen LogP contribution in [0.4, 0.5) is 0 Å². The first-order valence-electron chi connectivity index (χ1n) is 7.49. The molecule has 0 saturated heterocycles. The highest BCUT2D eigenvalue weighted by molar-refractivity contribution is 6.03. The van der Waals surface area contributed by atoms with Crippen molar-refractivity contribution in [3.8, 4) is 5.75 Å². The highest BCUT2D eigenvalue weighted by Crippen LogP contribution is 2.32. The highest BCUT2D eigenvalue weighted by atomic mass is 16.5. The molecule has 5 nitrogen and oxygen atoms in total. The average molecular weight is 280 g/mol. The monoisotopic (exact) mass is 280 g/mol. The minimum atomic E-state index is -1.25. The van der Waals surface area contributed by atoms with E-state index in [1.54, 1.807) is 10.9 Å². The van der Waals surface area contributed by atoms with Crippen molar-refractivity contribution in [1.82, 2.24) is 9.78 Å². The number of aryl methyl sites for hydroxylation is 1. The molecule has 0 atom stereocenters. The fraction of sp³-hybridized carbons (Fsp3) is 0.733. The first-order valence-corrected chi connectivity index (χ1v) is 7.49. The van der Waals surface area contributed by atoms with Crippen molar-refractivity contribution in [2.45, 2.75) is 64.0 Å². The van der Waals surface area contributed by atoms with Gasteiger partial charge in [0.15, 0.2) is 5.75 Å². The van der Waals surface area contributed by atoms with Gasteiger partial charge in [-0.1, -0.05) is 32.6 Å². The summed E-state index contributed by atoms with van der Waals surface area (Å²) in [6.07, 6.45) is 7.46. The summed E-state index contributed by atoms with van der Waals surface area (Å²) in [5, 5.41) is 15.0. The van der Waals surface area contributed by atoms with E-state index < -0.39 is 5.60 Å². The normalized spacial score (nSPS) is 18.6. The maximum Gasteiger partial charge on any atom is 0.216 e. The molecule has 0 aliphatic heterocycles. The third-order valence-corrected chi connectivity index (χ3v) is 4.03. The summed E-state index contributed by atoms with van der Waals surface area (Å²) >= 11 is 0. The van der Waals surface area contributed by atoms with Crippen LogP contribution in [0, 0.1) is 0 Å². The van der Waals surface area contributed by atoms with Crippen LogP contribution in [-0.2, 0) is 6.54 Å². The van der Waals surface area contributed by atoms with Gasteiger partial charge in [-0.05, 0) is 19.3 Å². The van der Waals surface area contributed by atoms with Crippen molar-refractivity contribution in [3.63, 3.8) is 0 Å². The van der Waals surface area contributed by atoms with Crippen LogP contribution in [-0.4, -0.2) is 33.4 Å². The van der Waals surface area contributed by atoms with Crippen LogP contribution in [0.3, 0.4) is 0 Å². The van der Waals surface area contributed by atoms with E-state index in [1.165, 1.54) is 7.11 Å². The first-order chi connectivity index (χ1) is 9.62. The minimum absolute atomic E-state index is 0.234. The van der Waals surface area contributed by atoms with Gasteiger partial charge >= 0.3 is 0 Å². The molecule has 0 amide bonds. The van der Waals surface area contributed by atoms with Gasteiger partial charge in [-0.2, -0.15) is 5.10 Å². The van der Waals surface area contributed by atoms with E-state index in [0.29, 0.717) is 30.8 Å². The number of aliphatic hydroxyl groups is 1. The summed E-state index contributed by atoms with van der Waals surface area (Å²) in [7, 11) is 1.53. The summed E-state index contributed by atoms with van der Waals surface area (Å²) in [5.41, 5.74) is -0.839. The van der Waals surface area contributed by atoms with Gasteiger partial charge in [0.05, 0.1) is 13.3 Å². The van der Waals surface area contributed by atoms with Gasteiger partial charge in [-0.15, -0.1) is 0 Å². The van der Waals surface area contributed by atoms with Crippen molar-refractivity contribution < 1.29 is 14.6 Å². The van der Waals surface area contributed by atoms with Crippen LogP contribution in [0.1, 0.15) is 62.4 Å². The molecule has 20 heavy (non-hydrogen) atoms. The molecule has 0 spiro atoms. The van der Waals surface area contributed by atoms with Crippen LogP contribution in [0.15, 0.2) is 6.20 Å². The fourth-order valence-corrected chi connectivity index (χ4v) is 2.89. The van der Waals surface area contributed by atoms with Gasteiger partial charge in [-0.25, -0.2) is 0 Å². The SMILES string of the molecule is CCCn1ncc(OC)c1C(=O)C1(O)CCCCCC1. The standard InChI is InChI=1S/C15H24N2O3/c1-3-10-17-13(12(20-2)11-16-17)14(18)15(19)8-6-4-5-7-9-15/h11,19H,3-10H2,1-2H3. The number of carbonyl (C=O) groups excluding carboxylic acids is 1. The summed E-state index contributed by atoms with van der Waals surface area (Å²) < 4.78 is 6.90. The lowest BCUT2D eigenvalue weighted by molar-refractivity contribution is 0.0224.